The van der Waals surface area contributed by atoms with Gasteiger partial charge in [0.05, 0.1) is 30.9 Å². The summed E-state index contributed by atoms with van der Waals surface area (Å²) < 4.78 is 38.1. The number of nitrogens with zero attached hydrogens (tertiary/aromatic N) is 1. The molecule has 186 valence electrons. The van der Waals surface area contributed by atoms with Gasteiger partial charge in [-0.2, -0.15) is 0 Å². The Kier molecular flexibility index (Phi) is 5.77. The number of amides is 1. The Morgan fingerprint density at radius 3 is 2.19 bits per heavy atom. The van der Waals surface area contributed by atoms with Crippen LogP contribution in [0.3, 0.4) is 0 Å². The molecule has 3 aromatic rings. The Morgan fingerprint density at radius 2 is 1.58 bits per heavy atom. The molecule has 2 bridgehead atoms. The molecule has 36 heavy (non-hydrogen) atoms. The third kappa shape index (κ3) is 3.87. The monoisotopic (exact) mass is 491 g/mol. The number of hydrogen-bond acceptors (Lipinski definition) is 4. The molecular weight excluding hydrogens is 464 g/mol. The number of morpholine rings is 1. The summed E-state index contributed by atoms with van der Waals surface area (Å²) in [5.41, 5.74) is 3.61. The molecule has 6 rings (SSSR count). The Morgan fingerprint density at radius 1 is 0.972 bits per heavy atom. The highest BCUT2D eigenvalue weighted by atomic mass is 19.3. The number of aliphatic hydroxyl groups is 1. The van der Waals surface area contributed by atoms with Crippen LogP contribution in [0.25, 0.3) is 11.1 Å². The Labute approximate surface area is 208 Å². The molecule has 1 aliphatic carbocycles. The van der Waals surface area contributed by atoms with Crippen LogP contribution < -0.4 is 0 Å². The SMILES string of the molecule is O=C(OCC1c2ccccc2-c2ccccc21)N1C2COCC1CC(O)(c1cccc(C(F)F)c1)C2. The third-order valence-corrected chi connectivity index (χ3v) is 7.78. The first kappa shape index (κ1) is 23.1. The number of halogens is 2. The minimum absolute atomic E-state index is 0.0451. The fourth-order valence-corrected chi connectivity index (χ4v) is 6.14. The van der Waals surface area contributed by atoms with Crippen LogP contribution in [-0.2, 0) is 15.1 Å². The molecule has 2 aliphatic heterocycles. The maximum Gasteiger partial charge on any atom is 0.410 e. The molecule has 2 saturated heterocycles. The highest BCUT2D eigenvalue weighted by molar-refractivity contribution is 5.79. The van der Waals surface area contributed by atoms with Gasteiger partial charge in [0.2, 0.25) is 0 Å². The largest absolute Gasteiger partial charge is 0.448 e. The van der Waals surface area contributed by atoms with Gasteiger partial charge in [0.25, 0.3) is 6.43 Å². The summed E-state index contributed by atoms with van der Waals surface area (Å²) >= 11 is 0. The van der Waals surface area contributed by atoms with Crippen molar-refractivity contribution >= 4 is 6.09 Å². The van der Waals surface area contributed by atoms with Gasteiger partial charge in [0.1, 0.15) is 6.61 Å². The summed E-state index contributed by atoms with van der Waals surface area (Å²) in [4.78, 5) is 15.0. The van der Waals surface area contributed by atoms with Crippen LogP contribution in [0.2, 0.25) is 0 Å². The number of fused-ring (bicyclic) bond motifs is 5. The van der Waals surface area contributed by atoms with Gasteiger partial charge in [-0.3, -0.25) is 4.90 Å². The molecular formula is C29H27F2NO4. The van der Waals surface area contributed by atoms with Crippen LogP contribution in [0, 0.1) is 0 Å². The molecule has 5 nitrogen and oxygen atoms in total. The minimum Gasteiger partial charge on any atom is -0.448 e. The maximum absolute atomic E-state index is 13.4. The van der Waals surface area contributed by atoms with Gasteiger partial charge < -0.3 is 14.6 Å². The molecule has 2 heterocycles. The van der Waals surface area contributed by atoms with Crippen LogP contribution in [-0.4, -0.2) is 48.0 Å². The normalized spacial score (nSPS) is 24.9. The van der Waals surface area contributed by atoms with Crippen LogP contribution in [0.5, 0.6) is 0 Å². The Bertz CT molecular complexity index is 1240. The van der Waals surface area contributed by atoms with Crippen molar-refractivity contribution in [2.45, 2.75) is 42.9 Å². The molecule has 0 radical (unpaired) electrons. The molecule has 2 fully saturated rings. The first-order valence-electron chi connectivity index (χ1n) is 12.3. The van der Waals surface area contributed by atoms with E-state index in [1.807, 2.05) is 24.3 Å². The number of piperidine rings is 1. The first-order valence-corrected chi connectivity index (χ1v) is 12.3. The van der Waals surface area contributed by atoms with Crippen molar-refractivity contribution in [2.75, 3.05) is 19.8 Å². The summed E-state index contributed by atoms with van der Waals surface area (Å²) in [6.45, 7) is 0.736. The van der Waals surface area contributed by atoms with E-state index in [0.717, 1.165) is 22.3 Å². The highest BCUT2D eigenvalue weighted by Crippen LogP contribution is 2.45. The first-order chi connectivity index (χ1) is 17.4. The second kappa shape index (κ2) is 8.98. The van der Waals surface area contributed by atoms with Crippen LogP contribution in [0.4, 0.5) is 13.6 Å². The number of hydrogen-bond donors (Lipinski definition) is 1. The molecule has 3 aromatic carbocycles. The second-order valence-electron chi connectivity index (χ2n) is 9.92. The number of benzene rings is 3. The van der Waals surface area contributed by atoms with Crippen LogP contribution in [0.15, 0.2) is 72.8 Å². The van der Waals surface area contributed by atoms with Crippen molar-refractivity contribution < 1.29 is 28.2 Å². The lowest BCUT2D eigenvalue weighted by Crippen LogP contribution is -2.62. The summed E-state index contributed by atoms with van der Waals surface area (Å²) in [5.74, 6) is -0.0451. The van der Waals surface area contributed by atoms with Crippen LogP contribution in [0.1, 0.15) is 47.4 Å². The zero-order valence-electron chi connectivity index (χ0n) is 19.6. The lowest BCUT2D eigenvalue weighted by molar-refractivity contribution is -0.136. The van der Waals surface area contributed by atoms with E-state index in [-0.39, 0.29) is 44.1 Å². The zero-order valence-corrected chi connectivity index (χ0v) is 19.6. The van der Waals surface area contributed by atoms with E-state index < -0.39 is 30.2 Å². The fraction of sp³-hybridized carbons (Fsp3) is 0.345. The second-order valence-corrected chi connectivity index (χ2v) is 9.92. The van der Waals surface area contributed by atoms with Gasteiger partial charge in [0.15, 0.2) is 0 Å². The predicted molar refractivity (Wildman–Crippen MR) is 130 cm³/mol. The van der Waals surface area contributed by atoms with Gasteiger partial charge in [-0.15, -0.1) is 0 Å². The Balaban J connectivity index is 1.20. The van der Waals surface area contributed by atoms with E-state index in [4.69, 9.17) is 9.47 Å². The third-order valence-electron chi connectivity index (χ3n) is 7.78. The van der Waals surface area contributed by atoms with Crippen molar-refractivity contribution in [2.24, 2.45) is 0 Å². The average Bonchev–Trinajstić information content (AvgIpc) is 3.20. The molecule has 1 N–H and O–H groups in total. The van der Waals surface area contributed by atoms with E-state index in [0.29, 0.717) is 5.56 Å². The topological polar surface area (TPSA) is 59.0 Å². The van der Waals surface area contributed by atoms with Crippen LogP contribution >= 0.6 is 0 Å². The van der Waals surface area contributed by atoms with Crippen molar-refractivity contribution in [3.05, 3.63) is 95.1 Å². The van der Waals surface area contributed by atoms with Gasteiger partial charge in [-0.1, -0.05) is 66.7 Å². The predicted octanol–water partition coefficient (Wildman–Crippen LogP) is 5.62. The summed E-state index contributed by atoms with van der Waals surface area (Å²) in [7, 11) is 0. The van der Waals surface area contributed by atoms with E-state index in [2.05, 4.69) is 24.3 Å². The molecule has 2 unspecified atom stereocenters. The number of ether oxygens (including phenoxy) is 2. The number of carbonyl (C=O) groups excluding carboxylic acids is 1. The Hall–Kier alpha value is -3.29. The smallest absolute Gasteiger partial charge is 0.410 e. The van der Waals surface area contributed by atoms with E-state index >= 15 is 0 Å². The maximum atomic E-state index is 13.4. The van der Waals surface area contributed by atoms with Gasteiger partial charge in [-0.25, -0.2) is 13.6 Å². The number of rotatable bonds is 4. The van der Waals surface area contributed by atoms with Crippen molar-refractivity contribution in [3.63, 3.8) is 0 Å². The summed E-state index contributed by atoms with van der Waals surface area (Å²) in [5, 5.41) is 11.5. The highest BCUT2D eigenvalue weighted by Gasteiger charge is 2.49. The van der Waals surface area contributed by atoms with E-state index in [1.54, 1.807) is 17.0 Å². The number of alkyl halides is 2. The zero-order chi connectivity index (χ0) is 24.9. The number of carbonyl (C=O) groups is 1. The standard InChI is InChI=1S/C29H27F2NO4/c30-27(31)18-6-5-7-19(12-18)29(34)13-20-15-35-16-21(14-29)32(20)28(33)36-17-26-24-10-3-1-8-22(24)23-9-2-4-11-25(23)26/h1-12,20-21,26-27,34H,13-17H2. The molecule has 1 amide bonds. The molecule has 3 aliphatic rings. The molecule has 0 saturated carbocycles. The van der Waals surface area contributed by atoms with Crippen molar-refractivity contribution in [1.82, 2.24) is 4.90 Å². The van der Waals surface area contributed by atoms with Gasteiger partial charge in [0, 0.05) is 24.3 Å². The summed E-state index contributed by atoms with van der Waals surface area (Å²) in [6.07, 6.45) is -2.66. The van der Waals surface area contributed by atoms with E-state index in [1.165, 1.54) is 12.1 Å². The quantitative estimate of drug-likeness (QED) is 0.514. The lowest BCUT2D eigenvalue weighted by Gasteiger charge is -2.51. The molecule has 0 spiro atoms. The molecule has 7 heteroatoms. The summed E-state index contributed by atoms with van der Waals surface area (Å²) in [6, 6.07) is 21.5. The average molecular weight is 492 g/mol. The van der Waals surface area contributed by atoms with Crippen molar-refractivity contribution in [1.29, 1.82) is 0 Å². The van der Waals surface area contributed by atoms with Crippen molar-refractivity contribution in [3.8, 4) is 11.1 Å². The van der Waals surface area contributed by atoms with E-state index in [9.17, 15) is 18.7 Å². The van der Waals surface area contributed by atoms with Gasteiger partial charge >= 0.3 is 6.09 Å². The minimum atomic E-state index is -2.61. The fourth-order valence-electron chi connectivity index (χ4n) is 6.14. The molecule has 0 aromatic heterocycles. The lowest BCUT2D eigenvalue weighted by atomic mass is 9.76. The van der Waals surface area contributed by atoms with Gasteiger partial charge in [-0.05, 0) is 33.9 Å². The molecule has 2 atom stereocenters.